The van der Waals surface area contributed by atoms with Crippen LogP contribution < -0.4 is 5.73 Å². The van der Waals surface area contributed by atoms with Crippen molar-refractivity contribution in [1.82, 2.24) is 5.16 Å². The summed E-state index contributed by atoms with van der Waals surface area (Å²) in [5.41, 5.74) is 6.93. The Hall–Kier alpha value is -0.830. The van der Waals surface area contributed by atoms with Crippen LogP contribution in [-0.2, 0) is 6.42 Å². The Morgan fingerprint density at radius 3 is 3.00 bits per heavy atom. The maximum absolute atomic E-state index is 5.97. The van der Waals surface area contributed by atoms with Crippen LogP contribution in [0.3, 0.4) is 0 Å². The van der Waals surface area contributed by atoms with Gasteiger partial charge in [0.1, 0.15) is 5.76 Å². The Morgan fingerprint density at radius 1 is 1.62 bits per heavy atom. The molecule has 0 unspecified atom stereocenters. The Morgan fingerprint density at radius 2 is 2.46 bits per heavy atom. The van der Waals surface area contributed by atoms with Crippen LogP contribution in [0, 0.1) is 12.8 Å². The number of aryl methyl sites for hydroxylation is 1. The van der Waals surface area contributed by atoms with Crippen molar-refractivity contribution in [2.45, 2.75) is 38.6 Å². The lowest BCUT2D eigenvalue weighted by Crippen LogP contribution is -2.25. The third-order valence-corrected chi connectivity index (χ3v) is 2.86. The second kappa shape index (κ2) is 3.50. The molecule has 13 heavy (non-hydrogen) atoms. The Bertz CT molecular complexity index is 282. The van der Waals surface area contributed by atoms with Gasteiger partial charge in [0.2, 0.25) is 0 Å². The van der Waals surface area contributed by atoms with Gasteiger partial charge < -0.3 is 10.3 Å². The smallest absolute Gasteiger partial charge is 0.137 e. The van der Waals surface area contributed by atoms with E-state index in [4.69, 9.17) is 10.3 Å². The van der Waals surface area contributed by atoms with Gasteiger partial charge in [-0.1, -0.05) is 11.6 Å². The Kier molecular flexibility index (Phi) is 2.36. The lowest BCUT2D eigenvalue weighted by atomic mass is 9.99. The summed E-state index contributed by atoms with van der Waals surface area (Å²) in [5, 5.41) is 3.87. The fraction of sp³-hybridized carbons (Fsp3) is 0.700. The topological polar surface area (TPSA) is 52.0 Å². The third kappa shape index (κ3) is 1.91. The monoisotopic (exact) mass is 180 g/mol. The number of rotatable bonds is 2. The predicted octanol–water partition coefficient (Wildman–Crippen LogP) is 1.65. The minimum absolute atomic E-state index is 0.366. The zero-order chi connectivity index (χ0) is 9.26. The van der Waals surface area contributed by atoms with Crippen LogP contribution in [0.5, 0.6) is 0 Å². The van der Waals surface area contributed by atoms with Crippen molar-refractivity contribution >= 4 is 0 Å². The molecule has 1 fully saturated rings. The normalized spacial score (nSPS) is 28.2. The first-order valence-electron chi connectivity index (χ1n) is 4.93. The van der Waals surface area contributed by atoms with E-state index in [2.05, 4.69) is 5.16 Å². The molecule has 2 atom stereocenters. The van der Waals surface area contributed by atoms with Crippen molar-refractivity contribution in [2.24, 2.45) is 11.7 Å². The largest absolute Gasteiger partial charge is 0.361 e. The van der Waals surface area contributed by atoms with Crippen LogP contribution in [0.4, 0.5) is 0 Å². The molecule has 1 heterocycles. The SMILES string of the molecule is Cc1cc(C[C@@H]2CCC[C@H]2N)on1. The molecule has 2 N–H and O–H groups in total. The molecule has 0 bridgehead atoms. The molecule has 3 heteroatoms. The zero-order valence-electron chi connectivity index (χ0n) is 7.99. The molecular formula is C10H16N2O. The fourth-order valence-corrected chi connectivity index (χ4v) is 2.09. The lowest BCUT2D eigenvalue weighted by molar-refractivity contribution is 0.347. The first-order chi connectivity index (χ1) is 6.25. The van der Waals surface area contributed by atoms with E-state index >= 15 is 0 Å². The van der Waals surface area contributed by atoms with Gasteiger partial charge in [0.25, 0.3) is 0 Å². The highest BCUT2D eigenvalue weighted by molar-refractivity contribution is 5.05. The first-order valence-corrected chi connectivity index (χ1v) is 4.93. The summed E-state index contributed by atoms with van der Waals surface area (Å²) >= 11 is 0. The second-order valence-corrected chi connectivity index (χ2v) is 3.99. The molecule has 0 aliphatic heterocycles. The minimum Gasteiger partial charge on any atom is -0.361 e. The molecule has 72 valence electrons. The molecule has 1 saturated carbocycles. The second-order valence-electron chi connectivity index (χ2n) is 3.99. The summed E-state index contributed by atoms with van der Waals surface area (Å²) < 4.78 is 5.17. The highest BCUT2D eigenvalue weighted by Crippen LogP contribution is 2.27. The Balaban J connectivity index is 1.97. The quantitative estimate of drug-likeness (QED) is 0.753. The van der Waals surface area contributed by atoms with Gasteiger partial charge in [0.05, 0.1) is 5.69 Å². The molecule has 0 radical (unpaired) electrons. The van der Waals surface area contributed by atoms with E-state index in [1.54, 1.807) is 0 Å². The highest BCUT2D eigenvalue weighted by atomic mass is 16.5. The van der Waals surface area contributed by atoms with E-state index in [1.807, 2.05) is 13.0 Å². The van der Waals surface area contributed by atoms with Crippen molar-refractivity contribution in [3.05, 3.63) is 17.5 Å². The molecule has 1 aliphatic carbocycles. The maximum atomic E-state index is 5.97. The number of hydrogen-bond acceptors (Lipinski definition) is 3. The maximum Gasteiger partial charge on any atom is 0.137 e. The number of nitrogens with zero attached hydrogens (tertiary/aromatic N) is 1. The van der Waals surface area contributed by atoms with Crippen molar-refractivity contribution in [3.8, 4) is 0 Å². The van der Waals surface area contributed by atoms with E-state index in [-0.39, 0.29) is 0 Å². The fourth-order valence-electron chi connectivity index (χ4n) is 2.09. The van der Waals surface area contributed by atoms with Gasteiger partial charge >= 0.3 is 0 Å². The van der Waals surface area contributed by atoms with Crippen LogP contribution in [0.25, 0.3) is 0 Å². The van der Waals surface area contributed by atoms with Crippen LogP contribution in [0.1, 0.15) is 30.7 Å². The van der Waals surface area contributed by atoms with Gasteiger partial charge in [-0.05, 0) is 25.7 Å². The van der Waals surface area contributed by atoms with Gasteiger partial charge in [0.15, 0.2) is 0 Å². The van der Waals surface area contributed by atoms with Gasteiger partial charge in [-0.25, -0.2) is 0 Å². The number of nitrogens with two attached hydrogens (primary N) is 1. The van der Waals surface area contributed by atoms with Crippen molar-refractivity contribution in [3.63, 3.8) is 0 Å². The molecular weight excluding hydrogens is 164 g/mol. The Labute approximate surface area is 78.3 Å². The number of hydrogen-bond donors (Lipinski definition) is 1. The van der Waals surface area contributed by atoms with Gasteiger partial charge in [-0.3, -0.25) is 0 Å². The van der Waals surface area contributed by atoms with Crippen LogP contribution in [0.2, 0.25) is 0 Å². The molecule has 0 amide bonds. The predicted molar refractivity (Wildman–Crippen MR) is 50.3 cm³/mol. The molecule has 2 rings (SSSR count). The summed E-state index contributed by atoms with van der Waals surface area (Å²) in [4.78, 5) is 0. The summed E-state index contributed by atoms with van der Waals surface area (Å²) in [6.07, 6.45) is 4.62. The lowest BCUT2D eigenvalue weighted by Gasteiger charge is -2.12. The minimum atomic E-state index is 0.366. The first kappa shape index (κ1) is 8.75. The van der Waals surface area contributed by atoms with Crippen LogP contribution in [-0.4, -0.2) is 11.2 Å². The van der Waals surface area contributed by atoms with Crippen molar-refractivity contribution in [1.29, 1.82) is 0 Å². The van der Waals surface area contributed by atoms with E-state index in [9.17, 15) is 0 Å². The van der Waals surface area contributed by atoms with Crippen molar-refractivity contribution < 1.29 is 4.52 Å². The van der Waals surface area contributed by atoms with Crippen LogP contribution >= 0.6 is 0 Å². The summed E-state index contributed by atoms with van der Waals surface area (Å²) in [5.74, 6) is 1.59. The molecule has 1 aliphatic rings. The molecule has 0 aromatic carbocycles. The zero-order valence-corrected chi connectivity index (χ0v) is 7.99. The van der Waals surface area contributed by atoms with E-state index in [0.29, 0.717) is 12.0 Å². The third-order valence-electron chi connectivity index (χ3n) is 2.86. The standard InChI is InChI=1S/C10H16N2O/c1-7-5-9(13-12-7)6-8-3-2-4-10(8)11/h5,8,10H,2-4,6,11H2,1H3/t8-,10+/m0/s1. The van der Waals surface area contributed by atoms with Gasteiger partial charge in [0, 0.05) is 18.5 Å². The average molecular weight is 180 g/mol. The van der Waals surface area contributed by atoms with Gasteiger partial charge in [-0.2, -0.15) is 0 Å². The number of aromatic nitrogens is 1. The van der Waals surface area contributed by atoms with E-state index in [0.717, 1.165) is 24.3 Å². The van der Waals surface area contributed by atoms with E-state index < -0.39 is 0 Å². The molecule has 0 saturated heterocycles. The molecule has 1 aromatic heterocycles. The average Bonchev–Trinajstić information content (AvgIpc) is 2.64. The van der Waals surface area contributed by atoms with Crippen molar-refractivity contribution in [2.75, 3.05) is 0 Å². The van der Waals surface area contributed by atoms with Gasteiger partial charge in [-0.15, -0.1) is 0 Å². The summed E-state index contributed by atoms with van der Waals surface area (Å²) in [6, 6.07) is 2.37. The summed E-state index contributed by atoms with van der Waals surface area (Å²) in [6.45, 7) is 1.95. The molecule has 1 aromatic rings. The van der Waals surface area contributed by atoms with E-state index in [1.165, 1.54) is 12.8 Å². The molecule has 0 spiro atoms. The highest BCUT2D eigenvalue weighted by Gasteiger charge is 2.25. The molecule has 3 nitrogen and oxygen atoms in total. The van der Waals surface area contributed by atoms with Crippen LogP contribution in [0.15, 0.2) is 10.6 Å². The summed E-state index contributed by atoms with van der Waals surface area (Å²) in [7, 11) is 0.